The Morgan fingerprint density at radius 3 is 2.13 bits per heavy atom. The van der Waals surface area contributed by atoms with Gasteiger partial charge in [0.05, 0.1) is 16.6 Å². The van der Waals surface area contributed by atoms with Gasteiger partial charge in [-0.1, -0.05) is 0 Å². The molecular formula is C19H8F7N3O8S2. The Hall–Kier alpha value is -4.20. The third-order valence-electron chi connectivity index (χ3n) is 4.94. The van der Waals surface area contributed by atoms with E-state index in [2.05, 4.69) is 9.17 Å². The van der Waals surface area contributed by atoms with Crippen molar-refractivity contribution < 1.29 is 61.1 Å². The molecule has 4 aromatic rings. The summed E-state index contributed by atoms with van der Waals surface area (Å²) in [5.41, 5.74) is -14.7. The molecular weight excluding hydrogens is 595 g/mol. The number of furan rings is 1. The molecule has 4 rings (SSSR count). The number of imidazole rings is 1. The maximum Gasteiger partial charge on any atom is 0.534 e. The Labute approximate surface area is 211 Å². The highest BCUT2D eigenvalue weighted by molar-refractivity contribution is 7.90. The Bertz CT molecular complexity index is 1830. The summed E-state index contributed by atoms with van der Waals surface area (Å²) in [5.74, 6) is -3.92. The number of fused-ring (bicyclic) bond motifs is 1. The number of hydrogen-bond acceptors (Lipinski definition) is 9. The summed E-state index contributed by atoms with van der Waals surface area (Å²) in [7, 11) is -12.7. The summed E-state index contributed by atoms with van der Waals surface area (Å²) in [6.07, 6.45) is 0.991. The second-order valence-corrected chi connectivity index (χ2v) is 10.7. The number of benzene rings is 2. The van der Waals surface area contributed by atoms with Crippen molar-refractivity contribution in [1.82, 2.24) is 8.96 Å². The Kier molecular flexibility index (Phi) is 6.37. The number of alkyl halides is 6. The van der Waals surface area contributed by atoms with Crippen molar-refractivity contribution in [2.45, 2.75) is 11.0 Å². The number of nitro groups is 1. The van der Waals surface area contributed by atoms with E-state index in [9.17, 15) is 57.7 Å². The molecule has 0 amide bonds. The lowest BCUT2D eigenvalue weighted by Gasteiger charge is -2.12. The largest absolute Gasteiger partial charge is 0.534 e. The van der Waals surface area contributed by atoms with Crippen LogP contribution in [0, 0.1) is 15.9 Å². The van der Waals surface area contributed by atoms with E-state index in [0.717, 1.165) is 24.3 Å². The van der Waals surface area contributed by atoms with E-state index in [-0.39, 0.29) is 9.54 Å². The molecule has 208 valence electrons. The molecule has 0 saturated carbocycles. The molecule has 0 saturated heterocycles. The minimum atomic E-state index is -6.49. The number of nitro benzene ring substituents is 1. The fraction of sp³-hybridized carbons (Fsp3) is 0.105. The van der Waals surface area contributed by atoms with Gasteiger partial charge in [0.2, 0.25) is 5.75 Å². The molecule has 0 radical (unpaired) electrons. The zero-order valence-electron chi connectivity index (χ0n) is 18.2. The molecule has 2 aromatic carbocycles. The quantitative estimate of drug-likeness (QED) is 0.0981. The summed E-state index contributed by atoms with van der Waals surface area (Å²) < 4.78 is 149. The smallest absolute Gasteiger partial charge is 0.455 e. The number of aromatic nitrogens is 2. The fourth-order valence-electron chi connectivity index (χ4n) is 3.29. The van der Waals surface area contributed by atoms with Gasteiger partial charge in [-0.25, -0.2) is 13.3 Å². The Morgan fingerprint density at radius 1 is 0.974 bits per heavy atom. The van der Waals surface area contributed by atoms with Gasteiger partial charge in [-0.2, -0.15) is 43.2 Å². The molecule has 0 aliphatic rings. The van der Waals surface area contributed by atoms with Gasteiger partial charge in [-0.05, 0) is 24.3 Å². The topological polar surface area (TPSA) is 152 Å². The molecule has 2 heterocycles. The van der Waals surface area contributed by atoms with Gasteiger partial charge >= 0.3 is 36.8 Å². The minimum absolute atomic E-state index is 0.144. The van der Waals surface area contributed by atoms with E-state index >= 15 is 0 Å². The van der Waals surface area contributed by atoms with Crippen molar-refractivity contribution in [1.29, 1.82) is 0 Å². The average Bonchev–Trinajstić information content (AvgIpc) is 3.41. The highest BCUT2D eigenvalue weighted by atomic mass is 32.2. The van der Waals surface area contributed by atoms with E-state index in [1.807, 2.05) is 0 Å². The summed E-state index contributed by atoms with van der Waals surface area (Å²) in [6.45, 7) is 0. The lowest BCUT2D eigenvalue weighted by atomic mass is 10.0. The van der Waals surface area contributed by atoms with Crippen LogP contribution in [0.4, 0.5) is 36.4 Å². The van der Waals surface area contributed by atoms with Crippen LogP contribution in [-0.4, -0.2) is 41.7 Å². The number of hydrogen-bond donors (Lipinski definition) is 0. The molecule has 39 heavy (non-hydrogen) atoms. The van der Waals surface area contributed by atoms with Gasteiger partial charge in [0.25, 0.3) is 0 Å². The van der Waals surface area contributed by atoms with Gasteiger partial charge in [0.15, 0.2) is 5.82 Å². The second kappa shape index (κ2) is 8.93. The summed E-state index contributed by atoms with van der Waals surface area (Å²) >= 11 is 0. The third kappa shape index (κ3) is 4.75. The van der Waals surface area contributed by atoms with Crippen molar-refractivity contribution in [2.75, 3.05) is 0 Å². The van der Waals surface area contributed by atoms with Crippen molar-refractivity contribution in [3.63, 3.8) is 0 Å². The first-order chi connectivity index (χ1) is 17.8. The maximum absolute atomic E-state index is 13.5. The molecule has 0 aliphatic carbocycles. The van der Waals surface area contributed by atoms with Gasteiger partial charge in [0, 0.05) is 29.4 Å². The third-order valence-corrected chi connectivity index (χ3v) is 7.30. The monoisotopic (exact) mass is 603 g/mol. The van der Waals surface area contributed by atoms with Gasteiger partial charge in [-0.3, -0.25) is 10.1 Å². The van der Waals surface area contributed by atoms with E-state index in [0.29, 0.717) is 24.5 Å². The number of halogens is 7. The fourth-order valence-corrected chi connectivity index (χ4v) is 4.55. The van der Waals surface area contributed by atoms with Gasteiger partial charge < -0.3 is 8.60 Å². The molecule has 0 N–H and O–H groups in total. The van der Waals surface area contributed by atoms with Crippen molar-refractivity contribution in [2.24, 2.45) is 0 Å². The summed E-state index contributed by atoms with van der Waals surface area (Å²) in [6, 6.07) is 4.47. The molecule has 0 atom stereocenters. The van der Waals surface area contributed by atoms with Crippen molar-refractivity contribution in [3.8, 4) is 28.5 Å². The first kappa shape index (κ1) is 27.8. The molecule has 20 heteroatoms. The highest BCUT2D eigenvalue weighted by Crippen LogP contribution is 2.46. The molecule has 0 bridgehead atoms. The van der Waals surface area contributed by atoms with E-state index in [4.69, 9.17) is 4.42 Å². The maximum atomic E-state index is 13.5. The van der Waals surface area contributed by atoms with E-state index in [1.54, 1.807) is 0 Å². The van der Waals surface area contributed by atoms with Gasteiger partial charge in [0.1, 0.15) is 17.2 Å². The zero-order chi connectivity index (χ0) is 29.1. The van der Waals surface area contributed by atoms with E-state index in [1.165, 1.54) is 0 Å². The normalized spacial score (nSPS) is 13.1. The van der Waals surface area contributed by atoms with Crippen LogP contribution in [0.1, 0.15) is 0 Å². The minimum Gasteiger partial charge on any atom is -0.455 e. The Morgan fingerprint density at radius 2 is 1.59 bits per heavy atom. The molecule has 0 fully saturated rings. The lowest BCUT2D eigenvalue weighted by molar-refractivity contribution is -0.385. The van der Waals surface area contributed by atoms with Crippen LogP contribution >= 0.6 is 0 Å². The average molecular weight is 603 g/mol. The van der Waals surface area contributed by atoms with Crippen LogP contribution in [0.25, 0.3) is 33.7 Å². The van der Waals surface area contributed by atoms with Crippen LogP contribution in [0.3, 0.4) is 0 Å². The van der Waals surface area contributed by atoms with Crippen molar-refractivity contribution in [3.05, 3.63) is 64.7 Å². The molecule has 11 nitrogen and oxygen atoms in total. The lowest BCUT2D eigenvalue weighted by Crippen LogP contribution is -2.29. The summed E-state index contributed by atoms with van der Waals surface area (Å²) in [4.78, 5) is 13.7. The van der Waals surface area contributed by atoms with Crippen LogP contribution in [0.2, 0.25) is 0 Å². The van der Waals surface area contributed by atoms with Crippen LogP contribution < -0.4 is 4.18 Å². The first-order valence-electron chi connectivity index (χ1n) is 9.72. The number of rotatable bonds is 6. The van der Waals surface area contributed by atoms with Crippen LogP contribution in [-0.2, 0) is 20.1 Å². The molecule has 0 spiro atoms. The van der Waals surface area contributed by atoms with E-state index < -0.39 is 81.5 Å². The second-order valence-electron chi connectivity index (χ2n) is 7.37. The molecule has 0 unspecified atom stereocenters. The SMILES string of the molecule is O=[N+]([O-])c1cc2oc(-c3ccc(F)cc3)c(-c3nccn3S(=O)(=O)C(F)(F)F)c2cc1OS(=O)(=O)C(F)(F)F. The van der Waals surface area contributed by atoms with Crippen LogP contribution in [0.15, 0.2) is 53.2 Å². The van der Waals surface area contributed by atoms with Crippen LogP contribution in [0.5, 0.6) is 5.75 Å². The summed E-state index contributed by atoms with van der Waals surface area (Å²) in [5, 5.41) is 10.8. The number of nitrogens with zero attached hydrogens (tertiary/aromatic N) is 3. The standard InChI is InChI=1S/C19H8F7N3O8S2/c20-10-3-1-9(2-4-10)16-15(17-27-5-6-28(17)38(32,33)18(21,22)23)11-7-14(37-39(34,35)19(24,25)26)12(29(30)31)8-13(11)36-16/h1-8H. The first-order valence-corrected chi connectivity index (χ1v) is 12.6. The molecule has 0 aliphatic heterocycles. The molecule has 2 aromatic heterocycles. The zero-order valence-corrected chi connectivity index (χ0v) is 19.8. The predicted molar refractivity (Wildman–Crippen MR) is 115 cm³/mol. The van der Waals surface area contributed by atoms with Crippen molar-refractivity contribution >= 4 is 36.8 Å². The predicted octanol–water partition coefficient (Wildman–Crippen LogP) is 4.94. The Balaban J connectivity index is 2.12. The van der Waals surface area contributed by atoms with Gasteiger partial charge in [-0.15, -0.1) is 0 Å². The highest BCUT2D eigenvalue weighted by Gasteiger charge is 2.50.